The zero-order chi connectivity index (χ0) is 11.3. The lowest BCUT2D eigenvalue weighted by Gasteiger charge is -2.28. The van der Waals surface area contributed by atoms with Crippen LogP contribution >= 0.6 is 23.5 Å². The molecule has 0 radical (unpaired) electrons. The molecule has 1 saturated heterocycles. The Balaban J connectivity index is 2.41. The fraction of sp³-hybridized carbons (Fsp3) is 0.909. The average molecular weight is 246 g/mol. The zero-order valence-corrected chi connectivity index (χ0v) is 11.8. The van der Waals surface area contributed by atoms with Crippen LogP contribution in [0.5, 0.6) is 0 Å². The molecule has 0 aromatic carbocycles. The van der Waals surface area contributed by atoms with E-state index in [2.05, 4.69) is 37.3 Å². The van der Waals surface area contributed by atoms with Gasteiger partial charge in [-0.25, -0.2) is 0 Å². The second-order valence-electron chi connectivity index (χ2n) is 4.32. The largest absolute Gasteiger partial charge is 0.362 e. The molecule has 2 nitrogen and oxygen atoms in total. The monoisotopic (exact) mass is 246 g/mol. The SMILES string of the molecule is CSC(C)CN=C1NC(C(C)C)CCS1. The standard InChI is InChI=1S/C11H22N2S2/c1-8(2)10-5-6-15-11(13-10)12-7-9(3)14-4/h8-10H,5-7H2,1-4H3,(H,12,13). The van der Waals surface area contributed by atoms with Gasteiger partial charge in [0.15, 0.2) is 5.17 Å². The van der Waals surface area contributed by atoms with E-state index in [9.17, 15) is 0 Å². The van der Waals surface area contributed by atoms with Crippen LogP contribution in [0.3, 0.4) is 0 Å². The Hall–Kier alpha value is 0.170. The van der Waals surface area contributed by atoms with Crippen molar-refractivity contribution in [3.8, 4) is 0 Å². The van der Waals surface area contributed by atoms with E-state index in [0.29, 0.717) is 17.2 Å². The minimum absolute atomic E-state index is 0.620. The van der Waals surface area contributed by atoms with Crippen molar-refractivity contribution in [1.29, 1.82) is 0 Å². The van der Waals surface area contributed by atoms with Gasteiger partial charge in [-0.2, -0.15) is 11.8 Å². The highest BCUT2D eigenvalue weighted by atomic mass is 32.2. The average Bonchev–Trinajstić information content (AvgIpc) is 2.26. The summed E-state index contributed by atoms with van der Waals surface area (Å²) in [6, 6.07) is 0.620. The van der Waals surface area contributed by atoms with Crippen LogP contribution in [0.15, 0.2) is 4.99 Å². The molecule has 1 heterocycles. The molecule has 0 amide bonds. The van der Waals surface area contributed by atoms with E-state index in [-0.39, 0.29) is 0 Å². The number of rotatable bonds is 4. The maximum absolute atomic E-state index is 4.63. The van der Waals surface area contributed by atoms with E-state index in [1.807, 2.05) is 23.5 Å². The Morgan fingerprint density at radius 2 is 2.27 bits per heavy atom. The molecule has 0 aliphatic carbocycles. The molecular weight excluding hydrogens is 224 g/mol. The van der Waals surface area contributed by atoms with Gasteiger partial charge in [-0.15, -0.1) is 0 Å². The van der Waals surface area contributed by atoms with E-state index in [0.717, 1.165) is 11.7 Å². The number of aliphatic imine (C=N–C) groups is 1. The lowest BCUT2D eigenvalue weighted by atomic mass is 10.0. The third-order valence-electron chi connectivity index (χ3n) is 2.68. The predicted octanol–water partition coefficient (Wildman–Crippen LogP) is 2.85. The van der Waals surface area contributed by atoms with E-state index >= 15 is 0 Å². The first-order chi connectivity index (χ1) is 7.13. The van der Waals surface area contributed by atoms with Gasteiger partial charge < -0.3 is 5.32 Å². The number of amidine groups is 1. The third-order valence-corrected chi connectivity index (χ3v) is 4.59. The first kappa shape index (κ1) is 13.2. The summed E-state index contributed by atoms with van der Waals surface area (Å²) in [5.41, 5.74) is 0. The number of nitrogens with one attached hydrogen (secondary N) is 1. The van der Waals surface area contributed by atoms with Crippen LogP contribution < -0.4 is 5.32 Å². The second-order valence-corrected chi connectivity index (χ2v) is 6.68. The normalized spacial score (nSPS) is 26.7. The summed E-state index contributed by atoms with van der Waals surface area (Å²) in [5.74, 6) is 1.91. The summed E-state index contributed by atoms with van der Waals surface area (Å²) in [4.78, 5) is 4.63. The molecular formula is C11H22N2S2. The van der Waals surface area contributed by atoms with Crippen LogP contribution in [0.4, 0.5) is 0 Å². The molecule has 1 aliphatic rings. The molecule has 2 unspecified atom stereocenters. The molecule has 1 N–H and O–H groups in total. The minimum atomic E-state index is 0.620. The number of hydrogen-bond acceptors (Lipinski definition) is 3. The first-order valence-electron chi connectivity index (χ1n) is 5.60. The van der Waals surface area contributed by atoms with Crippen molar-refractivity contribution >= 4 is 28.7 Å². The van der Waals surface area contributed by atoms with Gasteiger partial charge >= 0.3 is 0 Å². The molecule has 4 heteroatoms. The molecule has 0 aromatic rings. The van der Waals surface area contributed by atoms with Crippen molar-refractivity contribution in [3.05, 3.63) is 0 Å². The van der Waals surface area contributed by atoms with Gasteiger partial charge in [0.1, 0.15) is 0 Å². The van der Waals surface area contributed by atoms with Crippen LogP contribution in [0.1, 0.15) is 27.2 Å². The summed E-state index contributed by atoms with van der Waals surface area (Å²) < 4.78 is 0. The van der Waals surface area contributed by atoms with Gasteiger partial charge in [0.05, 0.1) is 6.54 Å². The van der Waals surface area contributed by atoms with Crippen LogP contribution in [-0.4, -0.2) is 35.0 Å². The van der Waals surface area contributed by atoms with E-state index in [1.165, 1.54) is 12.2 Å². The zero-order valence-electron chi connectivity index (χ0n) is 10.1. The second kappa shape index (κ2) is 6.69. The van der Waals surface area contributed by atoms with Crippen LogP contribution in [0, 0.1) is 5.92 Å². The quantitative estimate of drug-likeness (QED) is 0.825. The highest BCUT2D eigenvalue weighted by Gasteiger charge is 2.19. The van der Waals surface area contributed by atoms with Crippen molar-refractivity contribution in [2.75, 3.05) is 18.6 Å². The Morgan fingerprint density at radius 1 is 1.53 bits per heavy atom. The Bertz CT molecular complexity index is 217. The smallest absolute Gasteiger partial charge is 0.156 e. The molecule has 0 spiro atoms. The van der Waals surface area contributed by atoms with Crippen molar-refractivity contribution in [1.82, 2.24) is 5.32 Å². The lowest BCUT2D eigenvalue weighted by Crippen LogP contribution is -2.41. The molecule has 1 aliphatic heterocycles. The highest BCUT2D eigenvalue weighted by molar-refractivity contribution is 8.13. The summed E-state index contributed by atoms with van der Waals surface area (Å²) in [6.07, 6.45) is 3.41. The third kappa shape index (κ3) is 4.68. The topological polar surface area (TPSA) is 24.4 Å². The van der Waals surface area contributed by atoms with Crippen molar-refractivity contribution in [3.63, 3.8) is 0 Å². The Morgan fingerprint density at radius 3 is 2.87 bits per heavy atom. The predicted molar refractivity (Wildman–Crippen MR) is 74.1 cm³/mol. The molecule has 88 valence electrons. The maximum Gasteiger partial charge on any atom is 0.156 e. The van der Waals surface area contributed by atoms with Crippen LogP contribution in [-0.2, 0) is 0 Å². The van der Waals surface area contributed by atoms with E-state index in [4.69, 9.17) is 0 Å². The molecule has 0 bridgehead atoms. The lowest BCUT2D eigenvalue weighted by molar-refractivity contribution is 0.442. The number of nitrogens with zero attached hydrogens (tertiary/aromatic N) is 1. The van der Waals surface area contributed by atoms with Gasteiger partial charge in [0.25, 0.3) is 0 Å². The summed E-state index contributed by atoms with van der Waals surface area (Å²) >= 11 is 3.74. The van der Waals surface area contributed by atoms with Crippen molar-refractivity contribution in [2.45, 2.75) is 38.5 Å². The van der Waals surface area contributed by atoms with Crippen LogP contribution in [0.25, 0.3) is 0 Å². The van der Waals surface area contributed by atoms with Gasteiger partial charge in [0, 0.05) is 17.0 Å². The van der Waals surface area contributed by atoms with Gasteiger partial charge in [0.2, 0.25) is 0 Å². The Labute approximate surface area is 102 Å². The van der Waals surface area contributed by atoms with Gasteiger partial charge in [-0.05, 0) is 18.6 Å². The maximum atomic E-state index is 4.63. The van der Waals surface area contributed by atoms with Crippen molar-refractivity contribution < 1.29 is 0 Å². The number of hydrogen-bond donors (Lipinski definition) is 1. The van der Waals surface area contributed by atoms with Gasteiger partial charge in [-0.1, -0.05) is 32.5 Å². The van der Waals surface area contributed by atoms with Crippen molar-refractivity contribution in [2.24, 2.45) is 10.9 Å². The molecule has 1 fully saturated rings. The Kier molecular flexibility index (Phi) is 5.90. The van der Waals surface area contributed by atoms with Gasteiger partial charge in [-0.3, -0.25) is 4.99 Å². The molecule has 0 saturated carbocycles. The minimum Gasteiger partial charge on any atom is -0.362 e. The van der Waals surface area contributed by atoms with E-state index in [1.54, 1.807) is 0 Å². The molecule has 1 rings (SSSR count). The number of thioether (sulfide) groups is 2. The van der Waals surface area contributed by atoms with E-state index < -0.39 is 0 Å². The fourth-order valence-electron chi connectivity index (χ4n) is 1.43. The first-order valence-corrected chi connectivity index (χ1v) is 7.87. The van der Waals surface area contributed by atoms with Crippen LogP contribution in [0.2, 0.25) is 0 Å². The summed E-state index contributed by atoms with van der Waals surface area (Å²) in [5, 5.41) is 5.31. The highest BCUT2D eigenvalue weighted by Crippen LogP contribution is 2.19. The summed E-state index contributed by atoms with van der Waals surface area (Å²) in [7, 11) is 0. The summed E-state index contributed by atoms with van der Waals surface area (Å²) in [6.45, 7) is 7.70. The molecule has 15 heavy (non-hydrogen) atoms. The molecule has 0 aromatic heterocycles. The fourth-order valence-corrected chi connectivity index (χ4v) is 2.62. The molecule has 2 atom stereocenters.